The van der Waals surface area contributed by atoms with Gasteiger partial charge in [-0.25, -0.2) is 0 Å². The number of halogens is 2. The zero-order valence-electron chi connectivity index (χ0n) is 10.5. The number of alkyl halides is 1. The molecule has 0 aliphatic rings. The average molecular weight is 295 g/mol. The summed E-state index contributed by atoms with van der Waals surface area (Å²) in [7, 11) is 0. The van der Waals surface area contributed by atoms with Gasteiger partial charge >= 0.3 is 0 Å². The van der Waals surface area contributed by atoms with Crippen LogP contribution in [0.3, 0.4) is 0 Å². The predicted molar refractivity (Wildman–Crippen MR) is 81.0 cm³/mol. The van der Waals surface area contributed by atoms with Crippen molar-refractivity contribution in [1.82, 2.24) is 0 Å². The lowest BCUT2D eigenvalue weighted by Crippen LogP contribution is -2.32. The Balaban J connectivity index is 2.17. The zero-order chi connectivity index (χ0) is 13.7. The van der Waals surface area contributed by atoms with Gasteiger partial charge < -0.3 is 5.11 Å². The van der Waals surface area contributed by atoms with Crippen molar-refractivity contribution >= 4 is 23.2 Å². The third-order valence-electron chi connectivity index (χ3n) is 3.11. The SMILES string of the molecule is OCC(Cl)(Cc1ccccc1)Cc1ccccc1Cl. The van der Waals surface area contributed by atoms with Crippen molar-refractivity contribution in [3.63, 3.8) is 0 Å². The summed E-state index contributed by atoms with van der Waals surface area (Å²) in [6.45, 7) is -0.0886. The molecule has 1 atom stereocenters. The maximum absolute atomic E-state index is 9.62. The Bertz CT molecular complexity index is 527. The van der Waals surface area contributed by atoms with Gasteiger partial charge in [0.2, 0.25) is 0 Å². The molecule has 0 amide bonds. The minimum absolute atomic E-state index is 0.0886. The van der Waals surface area contributed by atoms with E-state index in [1.807, 2.05) is 54.6 Å². The molecule has 0 aliphatic carbocycles. The van der Waals surface area contributed by atoms with Gasteiger partial charge in [0.25, 0.3) is 0 Å². The Morgan fingerprint density at radius 1 is 0.895 bits per heavy atom. The van der Waals surface area contributed by atoms with Crippen LogP contribution in [0.5, 0.6) is 0 Å². The summed E-state index contributed by atoms with van der Waals surface area (Å²) in [4.78, 5) is -0.716. The molecule has 2 aromatic carbocycles. The number of aliphatic hydroxyl groups is 1. The van der Waals surface area contributed by atoms with Crippen LogP contribution in [0.25, 0.3) is 0 Å². The van der Waals surface area contributed by atoms with Gasteiger partial charge in [-0.2, -0.15) is 0 Å². The molecule has 1 unspecified atom stereocenters. The van der Waals surface area contributed by atoms with Crippen molar-refractivity contribution in [2.75, 3.05) is 6.61 Å². The van der Waals surface area contributed by atoms with E-state index in [4.69, 9.17) is 23.2 Å². The van der Waals surface area contributed by atoms with Crippen molar-refractivity contribution in [2.45, 2.75) is 17.7 Å². The van der Waals surface area contributed by atoms with E-state index in [0.717, 1.165) is 11.1 Å². The molecule has 1 nitrogen and oxygen atoms in total. The first-order chi connectivity index (χ1) is 9.13. The maximum atomic E-state index is 9.62. The first kappa shape index (κ1) is 14.4. The summed E-state index contributed by atoms with van der Waals surface area (Å²) in [5, 5.41) is 10.3. The molecule has 1 N–H and O–H groups in total. The average Bonchev–Trinajstić information content (AvgIpc) is 2.42. The quantitative estimate of drug-likeness (QED) is 0.824. The van der Waals surface area contributed by atoms with Crippen LogP contribution in [-0.2, 0) is 12.8 Å². The first-order valence-electron chi connectivity index (χ1n) is 6.20. The molecule has 0 bridgehead atoms. The highest BCUT2D eigenvalue weighted by Gasteiger charge is 2.28. The fourth-order valence-corrected chi connectivity index (χ4v) is 2.62. The summed E-state index contributed by atoms with van der Waals surface area (Å²) in [6, 6.07) is 17.5. The van der Waals surface area contributed by atoms with Crippen molar-refractivity contribution in [2.24, 2.45) is 0 Å². The van der Waals surface area contributed by atoms with Gasteiger partial charge in [-0.15, -0.1) is 11.6 Å². The van der Waals surface area contributed by atoms with Gasteiger partial charge in [-0.3, -0.25) is 0 Å². The summed E-state index contributed by atoms with van der Waals surface area (Å²) < 4.78 is 0. The normalized spacial score (nSPS) is 14.1. The molecule has 2 aromatic rings. The van der Waals surface area contributed by atoms with Crippen LogP contribution < -0.4 is 0 Å². The molecule has 100 valence electrons. The fourth-order valence-electron chi connectivity index (χ4n) is 2.12. The molecule has 0 saturated heterocycles. The molecular formula is C16H16Cl2O. The van der Waals surface area contributed by atoms with E-state index in [-0.39, 0.29) is 6.61 Å². The molecule has 0 aliphatic heterocycles. The van der Waals surface area contributed by atoms with Crippen LogP contribution >= 0.6 is 23.2 Å². The number of aliphatic hydroxyl groups excluding tert-OH is 1. The van der Waals surface area contributed by atoms with Gasteiger partial charge in [-0.1, -0.05) is 60.1 Å². The Morgan fingerprint density at radius 3 is 2.16 bits per heavy atom. The van der Waals surface area contributed by atoms with E-state index in [9.17, 15) is 5.11 Å². The summed E-state index contributed by atoms with van der Waals surface area (Å²) in [6.07, 6.45) is 1.15. The molecule has 0 radical (unpaired) electrons. The lowest BCUT2D eigenvalue weighted by molar-refractivity contribution is 0.241. The van der Waals surface area contributed by atoms with Crippen LogP contribution in [0, 0.1) is 0 Å². The molecule has 0 aromatic heterocycles. The predicted octanol–water partition coefficient (Wildman–Crippen LogP) is 4.10. The van der Waals surface area contributed by atoms with E-state index in [0.29, 0.717) is 17.9 Å². The van der Waals surface area contributed by atoms with Crippen molar-refractivity contribution in [1.29, 1.82) is 0 Å². The molecule has 0 fully saturated rings. The molecular weight excluding hydrogens is 279 g/mol. The van der Waals surface area contributed by atoms with Crippen LogP contribution in [0.2, 0.25) is 5.02 Å². The van der Waals surface area contributed by atoms with Gasteiger partial charge in [0.05, 0.1) is 11.5 Å². The maximum Gasteiger partial charge on any atom is 0.0757 e. The second-order valence-corrected chi connectivity index (χ2v) is 5.95. The number of hydrogen-bond acceptors (Lipinski definition) is 1. The summed E-state index contributed by atoms with van der Waals surface area (Å²) in [5.41, 5.74) is 2.07. The van der Waals surface area contributed by atoms with Gasteiger partial charge in [0.15, 0.2) is 0 Å². The molecule has 0 spiro atoms. The Kier molecular flexibility index (Phi) is 4.87. The van der Waals surface area contributed by atoms with Gasteiger partial charge in [0, 0.05) is 5.02 Å². The highest BCUT2D eigenvalue weighted by atomic mass is 35.5. The van der Waals surface area contributed by atoms with E-state index in [2.05, 4.69) is 0 Å². The Hall–Kier alpha value is -1.02. The van der Waals surface area contributed by atoms with Gasteiger partial charge in [-0.05, 0) is 30.0 Å². The van der Waals surface area contributed by atoms with Crippen molar-refractivity contribution < 1.29 is 5.11 Å². The van der Waals surface area contributed by atoms with Crippen LogP contribution in [0.1, 0.15) is 11.1 Å². The van der Waals surface area contributed by atoms with Crippen LogP contribution in [0.4, 0.5) is 0 Å². The largest absolute Gasteiger partial charge is 0.395 e. The monoisotopic (exact) mass is 294 g/mol. The number of hydrogen-bond donors (Lipinski definition) is 1. The minimum Gasteiger partial charge on any atom is -0.395 e. The minimum atomic E-state index is -0.716. The summed E-state index contributed by atoms with van der Waals surface area (Å²) in [5.74, 6) is 0. The molecule has 3 heteroatoms. The highest BCUT2D eigenvalue weighted by Crippen LogP contribution is 2.28. The second kappa shape index (κ2) is 6.42. The lowest BCUT2D eigenvalue weighted by Gasteiger charge is -2.25. The van der Waals surface area contributed by atoms with Crippen molar-refractivity contribution in [3.05, 3.63) is 70.7 Å². The van der Waals surface area contributed by atoms with Crippen LogP contribution in [-0.4, -0.2) is 16.6 Å². The van der Waals surface area contributed by atoms with E-state index in [1.165, 1.54) is 0 Å². The number of rotatable bonds is 5. The topological polar surface area (TPSA) is 20.2 Å². The Labute approximate surface area is 123 Å². The number of benzene rings is 2. The van der Waals surface area contributed by atoms with Crippen LogP contribution in [0.15, 0.2) is 54.6 Å². The molecule has 0 heterocycles. The van der Waals surface area contributed by atoms with Gasteiger partial charge in [0.1, 0.15) is 0 Å². The molecule has 19 heavy (non-hydrogen) atoms. The first-order valence-corrected chi connectivity index (χ1v) is 6.96. The second-order valence-electron chi connectivity index (χ2n) is 4.74. The third-order valence-corrected chi connectivity index (χ3v) is 3.87. The zero-order valence-corrected chi connectivity index (χ0v) is 12.0. The standard InChI is InChI=1S/C16H16Cl2O/c17-15-9-5-4-8-14(15)11-16(18,12-19)10-13-6-2-1-3-7-13/h1-9,19H,10-12H2. The Morgan fingerprint density at radius 2 is 1.53 bits per heavy atom. The third kappa shape index (κ3) is 3.97. The summed E-state index contributed by atoms with van der Waals surface area (Å²) >= 11 is 12.7. The highest BCUT2D eigenvalue weighted by molar-refractivity contribution is 6.31. The van der Waals surface area contributed by atoms with E-state index in [1.54, 1.807) is 0 Å². The van der Waals surface area contributed by atoms with Crippen molar-refractivity contribution in [3.8, 4) is 0 Å². The smallest absolute Gasteiger partial charge is 0.0757 e. The van der Waals surface area contributed by atoms with E-state index < -0.39 is 4.87 Å². The lowest BCUT2D eigenvalue weighted by atomic mass is 9.92. The fraction of sp³-hybridized carbons (Fsp3) is 0.250. The molecule has 2 rings (SSSR count). The van der Waals surface area contributed by atoms with E-state index >= 15 is 0 Å². The molecule has 0 saturated carbocycles.